The van der Waals surface area contributed by atoms with Crippen molar-refractivity contribution in [1.82, 2.24) is 40.1 Å². The first kappa shape index (κ1) is 19.1. The van der Waals surface area contributed by atoms with Gasteiger partial charge in [-0.05, 0) is 37.6 Å². The lowest BCUT2D eigenvalue weighted by Gasteiger charge is -2.15. The summed E-state index contributed by atoms with van der Waals surface area (Å²) in [5.74, 6) is 0.643. The molecule has 8 heteroatoms. The van der Waals surface area contributed by atoms with Gasteiger partial charge in [-0.2, -0.15) is 0 Å². The number of fused-ring (bicyclic) bond motifs is 1. The minimum atomic E-state index is 0.124. The SMILES string of the molecule is Cc1cc(C(C)NCCNCc2ccc3ncncc3c2)nc(-n2ccnc2)n1. The van der Waals surface area contributed by atoms with Crippen LogP contribution in [0.25, 0.3) is 16.9 Å². The van der Waals surface area contributed by atoms with Crippen molar-refractivity contribution < 1.29 is 0 Å². The number of aromatic nitrogens is 6. The summed E-state index contributed by atoms with van der Waals surface area (Å²) >= 11 is 0. The third-order valence-corrected chi connectivity index (χ3v) is 4.69. The van der Waals surface area contributed by atoms with Crippen LogP contribution in [-0.4, -0.2) is 42.6 Å². The van der Waals surface area contributed by atoms with Crippen LogP contribution in [0.15, 0.2) is 55.5 Å². The molecule has 0 aliphatic heterocycles. The second kappa shape index (κ2) is 8.85. The predicted molar refractivity (Wildman–Crippen MR) is 112 cm³/mol. The van der Waals surface area contributed by atoms with E-state index in [0.29, 0.717) is 5.95 Å². The van der Waals surface area contributed by atoms with E-state index in [2.05, 4.69) is 54.6 Å². The zero-order valence-electron chi connectivity index (χ0n) is 16.6. The van der Waals surface area contributed by atoms with Crippen LogP contribution < -0.4 is 10.6 Å². The summed E-state index contributed by atoms with van der Waals surface area (Å²) in [6.45, 7) is 6.59. The molecule has 29 heavy (non-hydrogen) atoms. The fraction of sp³-hybridized carbons (Fsp3) is 0.286. The summed E-state index contributed by atoms with van der Waals surface area (Å²) in [7, 11) is 0. The summed E-state index contributed by atoms with van der Waals surface area (Å²) in [5, 5.41) is 8.05. The Morgan fingerprint density at radius 3 is 2.90 bits per heavy atom. The van der Waals surface area contributed by atoms with Gasteiger partial charge in [0.2, 0.25) is 5.95 Å². The Morgan fingerprint density at radius 2 is 2.03 bits per heavy atom. The summed E-state index contributed by atoms with van der Waals surface area (Å²) in [6.07, 6.45) is 8.70. The molecule has 1 unspecified atom stereocenters. The normalized spacial score (nSPS) is 12.3. The van der Waals surface area contributed by atoms with Gasteiger partial charge in [0.05, 0.1) is 11.2 Å². The molecule has 3 heterocycles. The lowest BCUT2D eigenvalue weighted by molar-refractivity contribution is 0.534. The molecule has 3 aromatic heterocycles. The lowest BCUT2D eigenvalue weighted by atomic mass is 10.1. The smallest absolute Gasteiger partial charge is 0.235 e. The van der Waals surface area contributed by atoms with E-state index >= 15 is 0 Å². The van der Waals surface area contributed by atoms with Crippen molar-refractivity contribution in [1.29, 1.82) is 0 Å². The molecule has 0 aliphatic rings. The molecule has 148 valence electrons. The molecule has 1 aromatic carbocycles. The van der Waals surface area contributed by atoms with Crippen LogP contribution in [0, 0.1) is 6.92 Å². The average Bonchev–Trinajstić information content (AvgIpc) is 3.28. The Bertz CT molecular complexity index is 1080. The third-order valence-electron chi connectivity index (χ3n) is 4.69. The molecule has 0 saturated carbocycles. The first-order chi connectivity index (χ1) is 14.2. The Hall–Kier alpha value is -3.23. The number of rotatable bonds is 8. The Labute approximate surface area is 169 Å². The highest BCUT2D eigenvalue weighted by atomic mass is 15.2. The molecular formula is C21H24N8. The molecule has 0 bridgehead atoms. The highest BCUT2D eigenvalue weighted by molar-refractivity contribution is 5.77. The molecule has 4 rings (SSSR count). The van der Waals surface area contributed by atoms with E-state index in [1.807, 2.05) is 36.0 Å². The number of nitrogens with zero attached hydrogens (tertiary/aromatic N) is 6. The van der Waals surface area contributed by atoms with Crippen molar-refractivity contribution in [2.75, 3.05) is 13.1 Å². The topological polar surface area (TPSA) is 93.4 Å². The van der Waals surface area contributed by atoms with Gasteiger partial charge in [0.25, 0.3) is 0 Å². The van der Waals surface area contributed by atoms with Gasteiger partial charge in [-0.25, -0.2) is 24.9 Å². The van der Waals surface area contributed by atoms with Crippen molar-refractivity contribution in [3.63, 3.8) is 0 Å². The van der Waals surface area contributed by atoms with Crippen molar-refractivity contribution in [2.45, 2.75) is 26.4 Å². The summed E-state index contributed by atoms with van der Waals surface area (Å²) < 4.78 is 1.82. The molecular weight excluding hydrogens is 364 g/mol. The lowest BCUT2D eigenvalue weighted by Crippen LogP contribution is -2.29. The van der Waals surface area contributed by atoms with Gasteiger partial charge in [0.15, 0.2) is 0 Å². The quantitative estimate of drug-likeness (QED) is 0.448. The maximum atomic E-state index is 4.67. The monoisotopic (exact) mass is 388 g/mol. The second-order valence-corrected chi connectivity index (χ2v) is 6.97. The fourth-order valence-electron chi connectivity index (χ4n) is 3.15. The number of benzene rings is 1. The maximum Gasteiger partial charge on any atom is 0.235 e. The van der Waals surface area contributed by atoms with Crippen LogP contribution in [0.3, 0.4) is 0 Å². The molecule has 0 spiro atoms. The fourth-order valence-corrected chi connectivity index (χ4v) is 3.15. The van der Waals surface area contributed by atoms with E-state index in [0.717, 1.165) is 41.9 Å². The third kappa shape index (κ3) is 4.79. The van der Waals surface area contributed by atoms with E-state index in [1.54, 1.807) is 18.9 Å². The number of aryl methyl sites for hydroxylation is 1. The number of imidazole rings is 1. The molecule has 2 N–H and O–H groups in total. The van der Waals surface area contributed by atoms with Crippen LogP contribution in [0.2, 0.25) is 0 Å². The zero-order chi connectivity index (χ0) is 20.1. The van der Waals surface area contributed by atoms with Gasteiger partial charge in [0, 0.05) is 55.3 Å². The predicted octanol–water partition coefficient (Wildman–Crippen LogP) is 2.35. The van der Waals surface area contributed by atoms with E-state index in [1.165, 1.54) is 5.56 Å². The highest BCUT2D eigenvalue weighted by Crippen LogP contribution is 2.13. The minimum Gasteiger partial charge on any atom is -0.311 e. The molecule has 8 nitrogen and oxygen atoms in total. The molecule has 0 saturated heterocycles. The first-order valence-electron chi connectivity index (χ1n) is 9.66. The van der Waals surface area contributed by atoms with Gasteiger partial charge in [-0.3, -0.25) is 4.57 Å². The largest absolute Gasteiger partial charge is 0.311 e. The molecule has 0 fully saturated rings. The molecule has 4 aromatic rings. The van der Waals surface area contributed by atoms with Crippen LogP contribution >= 0.6 is 0 Å². The molecule has 1 atom stereocenters. The zero-order valence-corrected chi connectivity index (χ0v) is 16.6. The Morgan fingerprint density at radius 1 is 1.10 bits per heavy atom. The van der Waals surface area contributed by atoms with Gasteiger partial charge in [0.1, 0.15) is 12.7 Å². The number of hydrogen-bond donors (Lipinski definition) is 2. The molecule has 0 aliphatic carbocycles. The van der Waals surface area contributed by atoms with Gasteiger partial charge in [-0.1, -0.05) is 6.07 Å². The standard InChI is InChI=1S/C21H24N8/c1-15-9-20(28-21(27-15)29-8-7-23-14-29)16(2)25-6-5-22-11-17-3-4-19-18(10-17)12-24-13-26-19/h3-4,7-10,12-14,16,22,25H,5-6,11H2,1-2H3. The first-order valence-corrected chi connectivity index (χ1v) is 9.66. The number of nitrogens with one attached hydrogen (secondary N) is 2. The van der Waals surface area contributed by atoms with Crippen molar-refractivity contribution in [2.24, 2.45) is 0 Å². The van der Waals surface area contributed by atoms with Crippen LogP contribution in [0.5, 0.6) is 0 Å². The van der Waals surface area contributed by atoms with Crippen LogP contribution in [0.4, 0.5) is 0 Å². The molecule has 0 amide bonds. The van der Waals surface area contributed by atoms with E-state index in [9.17, 15) is 0 Å². The van der Waals surface area contributed by atoms with Crippen LogP contribution in [-0.2, 0) is 6.54 Å². The summed E-state index contributed by atoms with van der Waals surface area (Å²) in [5.41, 5.74) is 4.09. The van der Waals surface area contributed by atoms with E-state index < -0.39 is 0 Å². The maximum absolute atomic E-state index is 4.67. The van der Waals surface area contributed by atoms with Crippen LogP contribution in [0.1, 0.15) is 29.9 Å². The van der Waals surface area contributed by atoms with Crippen molar-refractivity contribution in [3.8, 4) is 5.95 Å². The van der Waals surface area contributed by atoms with Gasteiger partial charge >= 0.3 is 0 Å². The average molecular weight is 388 g/mol. The van der Waals surface area contributed by atoms with E-state index in [-0.39, 0.29) is 6.04 Å². The second-order valence-electron chi connectivity index (χ2n) is 6.97. The molecule has 0 radical (unpaired) electrons. The Kier molecular flexibility index (Phi) is 5.83. The van der Waals surface area contributed by atoms with Gasteiger partial charge < -0.3 is 10.6 Å². The minimum absolute atomic E-state index is 0.124. The van der Waals surface area contributed by atoms with Gasteiger partial charge in [-0.15, -0.1) is 0 Å². The summed E-state index contributed by atoms with van der Waals surface area (Å²) in [4.78, 5) is 21.6. The number of hydrogen-bond acceptors (Lipinski definition) is 7. The Balaban J connectivity index is 1.28. The van der Waals surface area contributed by atoms with Crippen molar-refractivity contribution >= 4 is 10.9 Å². The van der Waals surface area contributed by atoms with E-state index in [4.69, 9.17) is 0 Å². The van der Waals surface area contributed by atoms with Crippen molar-refractivity contribution in [3.05, 3.63) is 72.5 Å². The summed E-state index contributed by atoms with van der Waals surface area (Å²) in [6, 6.07) is 8.39. The highest BCUT2D eigenvalue weighted by Gasteiger charge is 2.10.